The summed E-state index contributed by atoms with van der Waals surface area (Å²) in [5.41, 5.74) is 3.28. The zero-order valence-corrected chi connectivity index (χ0v) is 16.7. The molecule has 3 rings (SSSR count). The summed E-state index contributed by atoms with van der Waals surface area (Å²) in [4.78, 5) is 2.46. The fraction of sp³-hybridized carbons (Fsp3) is 0.300. The molecule has 142 valence electrons. The molecular formula is C20H23N3O3S. The molecule has 0 aliphatic heterocycles. The van der Waals surface area contributed by atoms with Gasteiger partial charge in [0.1, 0.15) is 11.5 Å². The highest BCUT2D eigenvalue weighted by molar-refractivity contribution is 7.71. The van der Waals surface area contributed by atoms with Crippen LogP contribution in [0.15, 0.2) is 46.9 Å². The molecule has 0 saturated heterocycles. The van der Waals surface area contributed by atoms with Gasteiger partial charge in [-0.2, -0.15) is 0 Å². The molecule has 1 aromatic heterocycles. The molecule has 7 heteroatoms. The van der Waals surface area contributed by atoms with E-state index in [0.29, 0.717) is 28.9 Å². The molecule has 0 atom stereocenters. The molecule has 0 aliphatic carbocycles. The highest BCUT2D eigenvalue weighted by Gasteiger charge is 2.13. The summed E-state index contributed by atoms with van der Waals surface area (Å²) in [6, 6.07) is 13.8. The number of methoxy groups -OCH3 is 2. The predicted octanol–water partition coefficient (Wildman–Crippen LogP) is 4.29. The van der Waals surface area contributed by atoms with Gasteiger partial charge in [-0.15, -0.1) is 5.10 Å². The van der Waals surface area contributed by atoms with Gasteiger partial charge >= 0.3 is 0 Å². The first-order chi connectivity index (χ1) is 13.0. The van der Waals surface area contributed by atoms with E-state index in [2.05, 4.69) is 29.1 Å². The van der Waals surface area contributed by atoms with Crippen LogP contribution in [0.25, 0.3) is 11.5 Å². The van der Waals surface area contributed by atoms with Gasteiger partial charge in [0.05, 0.1) is 20.9 Å². The Hall–Kier alpha value is -2.64. The third-order valence-corrected chi connectivity index (χ3v) is 4.58. The first-order valence-corrected chi connectivity index (χ1v) is 8.95. The number of aryl methyl sites for hydroxylation is 1. The Kier molecular flexibility index (Phi) is 5.93. The van der Waals surface area contributed by atoms with E-state index < -0.39 is 0 Å². The van der Waals surface area contributed by atoms with E-state index in [9.17, 15) is 0 Å². The molecule has 2 aromatic carbocycles. The Bertz CT molecular complexity index is 958. The molecule has 0 fully saturated rings. The van der Waals surface area contributed by atoms with E-state index in [4.69, 9.17) is 26.1 Å². The van der Waals surface area contributed by atoms with Crippen LogP contribution in [0, 0.1) is 11.8 Å². The van der Waals surface area contributed by atoms with Gasteiger partial charge in [-0.05, 0) is 49.4 Å². The molecule has 1 heterocycles. The van der Waals surface area contributed by atoms with E-state index in [1.807, 2.05) is 31.3 Å². The maximum Gasteiger partial charge on any atom is 0.288 e. The van der Waals surface area contributed by atoms with E-state index in [0.717, 1.165) is 12.1 Å². The van der Waals surface area contributed by atoms with Crippen molar-refractivity contribution in [2.24, 2.45) is 0 Å². The first kappa shape index (κ1) is 19.1. The highest BCUT2D eigenvalue weighted by Crippen LogP contribution is 2.29. The van der Waals surface area contributed by atoms with Crippen LogP contribution in [-0.2, 0) is 13.2 Å². The van der Waals surface area contributed by atoms with Gasteiger partial charge in [0, 0.05) is 18.2 Å². The normalized spacial score (nSPS) is 11.0. The van der Waals surface area contributed by atoms with Crippen LogP contribution in [-0.4, -0.2) is 35.9 Å². The largest absolute Gasteiger partial charge is 0.497 e. The summed E-state index contributed by atoms with van der Waals surface area (Å²) in [5.74, 6) is 1.76. The van der Waals surface area contributed by atoms with Crippen molar-refractivity contribution in [3.8, 4) is 23.0 Å². The summed E-state index contributed by atoms with van der Waals surface area (Å²) in [6.07, 6.45) is 0. The average molecular weight is 385 g/mol. The van der Waals surface area contributed by atoms with Crippen LogP contribution in [0.5, 0.6) is 11.5 Å². The van der Waals surface area contributed by atoms with Gasteiger partial charge in [0.25, 0.3) is 4.84 Å². The second-order valence-electron chi connectivity index (χ2n) is 6.36. The van der Waals surface area contributed by atoms with Crippen molar-refractivity contribution in [2.75, 3.05) is 21.3 Å². The van der Waals surface area contributed by atoms with Crippen LogP contribution >= 0.6 is 12.2 Å². The Labute approximate surface area is 163 Å². The fourth-order valence-electron chi connectivity index (χ4n) is 2.80. The zero-order chi connectivity index (χ0) is 19.4. The van der Waals surface area contributed by atoms with Crippen LogP contribution < -0.4 is 9.47 Å². The quantitative estimate of drug-likeness (QED) is 0.566. The van der Waals surface area contributed by atoms with Crippen molar-refractivity contribution in [1.29, 1.82) is 0 Å². The highest BCUT2D eigenvalue weighted by atomic mass is 32.1. The summed E-state index contributed by atoms with van der Waals surface area (Å²) in [6.45, 7) is 3.43. The number of hydrogen-bond acceptors (Lipinski definition) is 6. The standard InChI is InChI=1S/C20H23N3O3S/c1-14-7-5-6-8-15(14)12-22(2)13-23-20(27)26-19(21-23)16-9-17(24-3)11-18(10-16)25-4/h5-11H,12-13H2,1-4H3. The first-order valence-electron chi connectivity index (χ1n) is 8.54. The average Bonchev–Trinajstić information content (AvgIpc) is 3.03. The Morgan fingerprint density at radius 3 is 2.41 bits per heavy atom. The molecule has 0 bridgehead atoms. The lowest BCUT2D eigenvalue weighted by atomic mass is 10.1. The SMILES string of the molecule is COc1cc(OC)cc(-c2nn(CN(C)Cc3ccccc3C)c(=S)o2)c1. The minimum atomic E-state index is 0.323. The van der Waals surface area contributed by atoms with Crippen molar-refractivity contribution in [1.82, 2.24) is 14.7 Å². The molecule has 0 radical (unpaired) electrons. The maximum atomic E-state index is 5.70. The van der Waals surface area contributed by atoms with Gasteiger partial charge < -0.3 is 13.9 Å². The van der Waals surface area contributed by atoms with E-state index in [1.165, 1.54) is 11.1 Å². The van der Waals surface area contributed by atoms with Crippen LogP contribution in [0.4, 0.5) is 0 Å². The van der Waals surface area contributed by atoms with E-state index in [1.54, 1.807) is 25.0 Å². The van der Waals surface area contributed by atoms with E-state index in [-0.39, 0.29) is 0 Å². The molecular weight excluding hydrogens is 362 g/mol. The molecule has 6 nitrogen and oxygen atoms in total. The summed E-state index contributed by atoms with van der Waals surface area (Å²) in [7, 11) is 5.23. The molecule has 0 N–H and O–H groups in total. The number of rotatable bonds is 7. The smallest absolute Gasteiger partial charge is 0.288 e. The third kappa shape index (κ3) is 4.56. The monoisotopic (exact) mass is 385 g/mol. The number of aromatic nitrogens is 2. The lowest BCUT2D eigenvalue weighted by Gasteiger charge is -2.17. The fourth-order valence-corrected chi connectivity index (χ4v) is 2.98. The lowest BCUT2D eigenvalue weighted by molar-refractivity contribution is 0.240. The molecule has 0 spiro atoms. The van der Waals surface area contributed by atoms with Gasteiger partial charge in [-0.25, -0.2) is 4.68 Å². The lowest BCUT2D eigenvalue weighted by Crippen LogP contribution is -2.22. The minimum absolute atomic E-state index is 0.323. The van der Waals surface area contributed by atoms with Crippen molar-refractivity contribution in [2.45, 2.75) is 20.1 Å². The third-order valence-electron chi connectivity index (χ3n) is 4.28. The Morgan fingerprint density at radius 1 is 1.11 bits per heavy atom. The van der Waals surface area contributed by atoms with E-state index >= 15 is 0 Å². The Balaban J connectivity index is 1.81. The predicted molar refractivity (Wildman–Crippen MR) is 107 cm³/mol. The van der Waals surface area contributed by atoms with Crippen LogP contribution in [0.3, 0.4) is 0 Å². The van der Waals surface area contributed by atoms with Crippen molar-refractivity contribution >= 4 is 12.2 Å². The molecule has 0 saturated carbocycles. The molecule has 3 aromatic rings. The van der Waals surface area contributed by atoms with Gasteiger partial charge in [-0.1, -0.05) is 24.3 Å². The van der Waals surface area contributed by atoms with Crippen LogP contribution in [0.2, 0.25) is 0 Å². The molecule has 0 unspecified atom stereocenters. The summed E-state index contributed by atoms with van der Waals surface area (Å²) in [5, 5.41) is 4.53. The van der Waals surface area contributed by atoms with Crippen molar-refractivity contribution in [3.63, 3.8) is 0 Å². The number of nitrogens with zero attached hydrogens (tertiary/aromatic N) is 3. The molecule has 0 aliphatic rings. The van der Waals surface area contributed by atoms with Gasteiger partial charge in [0.15, 0.2) is 0 Å². The number of benzene rings is 2. The van der Waals surface area contributed by atoms with Crippen LogP contribution in [0.1, 0.15) is 11.1 Å². The number of hydrogen-bond donors (Lipinski definition) is 0. The van der Waals surface area contributed by atoms with Gasteiger partial charge in [-0.3, -0.25) is 4.90 Å². The number of ether oxygens (including phenoxy) is 2. The van der Waals surface area contributed by atoms with Gasteiger partial charge in [0.2, 0.25) is 5.89 Å². The summed E-state index contributed by atoms with van der Waals surface area (Å²) < 4.78 is 18.0. The second-order valence-corrected chi connectivity index (χ2v) is 6.71. The minimum Gasteiger partial charge on any atom is -0.497 e. The summed E-state index contributed by atoms with van der Waals surface area (Å²) >= 11 is 5.35. The zero-order valence-electron chi connectivity index (χ0n) is 15.9. The van der Waals surface area contributed by atoms with Crippen molar-refractivity contribution < 1.29 is 13.9 Å². The molecule has 27 heavy (non-hydrogen) atoms. The molecule has 0 amide bonds. The second kappa shape index (κ2) is 8.37. The maximum absolute atomic E-state index is 5.70. The topological polar surface area (TPSA) is 52.7 Å². The Morgan fingerprint density at radius 2 is 1.78 bits per heavy atom. The van der Waals surface area contributed by atoms with Crippen molar-refractivity contribution in [3.05, 3.63) is 58.4 Å².